The summed E-state index contributed by atoms with van der Waals surface area (Å²) in [6, 6.07) is 17.8. The number of nitrogens with zero attached hydrogens (tertiary/aromatic N) is 1. The van der Waals surface area contributed by atoms with Crippen molar-refractivity contribution in [2.24, 2.45) is 0 Å². The summed E-state index contributed by atoms with van der Waals surface area (Å²) in [6.07, 6.45) is 5.70. The first kappa shape index (κ1) is 20.9. The van der Waals surface area contributed by atoms with Gasteiger partial charge in [0.15, 0.2) is 0 Å². The van der Waals surface area contributed by atoms with E-state index in [4.69, 9.17) is 4.74 Å². The molecule has 0 unspecified atom stereocenters. The fourth-order valence-electron chi connectivity index (χ4n) is 2.83. The molecule has 7 nitrogen and oxygen atoms in total. The van der Waals surface area contributed by atoms with Gasteiger partial charge in [-0.15, -0.1) is 0 Å². The Labute approximate surface area is 175 Å². The lowest BCUT2D eigenvalue weighted by Crippen LogP contribution is -2.32. The van der Waals surface area contributed by atoms with E-state index in [1.165, 1.54) is 0 Å². The fourth-order valence-corrected chi connectivity index (χ4v) is 2.83. The number of ether oxygens (including phenoxy) is 1. The fraction of sp³-hybridized carbons (Fsp3) is 0.174. The highest BCUT2D eigenvalue weighted by Gasteiger charge is 2.15. The summed E-state index contributed by atoms with van der Waals surface area (Å²) in [5, 5.41) is 5.53. The van der Waals surface area contributed by atoms with E-state index >= 15 is 0 Å². The molecule has 0 bridgehead atoms. The van der Waals surface area contributed by atoms with Gasteiger partial charge in [0.2, 0.25) is 11.8 Å². The molecule has 3 rings (SSSR count). The Balaban J connectivity index is 1.42. The summed E-state index contributed by atoms with van der Waals surface area (Å²) < 4.78 is 5.15. The van der Waals surface area contributed by atoms with E-state index in [0.29, 0.717) is 17.6 Å². The molecule has 2 N–H and O–H groups in total. The second kappa shape index (κ2) is 10.6. The molecule has 7 heteroatoms. The number of allylic oxidation sites excluding steroid dienone is 1. The van der Waals surface area contributed by atoms with Crippen LogP contribution in [-0.4, -0.2) is 42.4 Å². The summed E-state index contributed by atoms with van der Waals surface area (Å²) in [6.45, 7) is 0.371. The van der Waals surface area contributed by atoms with Crippen molar-refractivity contribution in [3.63, 3.8) is 0 Å². The molecular formula is C23H23N3O4. The number of para-hydroxylation sites is 1. The van der Waals surface area contributed by atoms with Gasteiger partial charge in [0.05, 0.1) is 12.1 Å². The van der Waals surface area contributed by atoms with Gasteiger partial charge in [-0.25, -0.2) is 4.79 Å². The second-order valence-corrected chi connectivity index (χ2v) is 6.59. The Bertz CT molecular complexity index is 939. The number of carbonyl (C=O) groups excluding carboxylic acids is 3. The van der Waals surface area contributed by atoms with Crippen LogP contribution in [0.25, 0.3) is 0 Å². The molecule has 0 saturated carbocycles. The topological polar surface area (TPSA) is 87.7 Å². The number of benzene rings is 2. The number of amides is 2. The van der Waals surface area contributed by atoms with Crippen molar-refractivity contribution in [3.05, 3.63) is 90.3 Å². The van der Waals surface area contributed by atoms with Gasteiger partial charge in [-0.3, -0.25) is 9.59 Å². The Kier molecular flexibility index (Phi) is 7.38. The number of rotatable bonds is 8. The summed E-state index contributed by atoms with van der Waals surface area (Å²) in [5.74, 6) is -0.875. The minimum Gasteiger partial charge on any atom is -0.460 e. The van der Waals surface area contributed by atoms with Crippen molar-refractivity contribution in [2.75, 3.05) is 25.0 Å². The monoisotopic (exact) mass is 405 g/mol. The molecule has 1 aliphatic rings. The van der Waals surface area contributed by atoms with Crippen molar-refractivity contribution < 1.29 is 19.1 Å². The van der Waals surface area contributed by atoms with Gasteiger partial charge in [0.25, 0.3) is 0 Å². The molecule has 1 aliphatic heterocycles. The van der Waals surface area contributed by atoms with Gasteiger partial charge >= 0.3 is 5.97 Å². The summed E-state index contributed by atoms with van der Waals surface area (Å²) in [4.78, 5) is 38.1. The first-order valence-corrected chi connectivity index (χ1v) is 9.60. The number of carbonyl (C=O) groups is 3. The molecule has 2 amide bonds. The highest BCUT2D eigenvalue weighted by atomic mass is 16.5. The van der Waals surface area contributed by atoms with Crippen LogP contribution < -0.4 is 10.6 Å². The molecule has 2 aromatic carbocycles. The molecule has 2 aromatic rings. The Morgan fingerprint density at radius 1 is 0.967 bits per heavy atom. The lowest BCUT2D eigenvalue weighted by atomic mass is 10.1. The van der Waals surface area contributed by atoms with E-state index in [0.717, 1.165) is 5.69 Å². The predicted octanol–water partition coefficient (Wildman–Crippen LogP) is 2.70. The first-order valence-electron chi connectivity index (χ1n) is 9.60. The SMILES string of the molecule is O=C(CN1C=CCC(C(=O)NCCOC(=O)c2ccccc2)=C1)Nc1ccccc1. The molecule has 0 radical (unpaired) electrons. The average Bonchev–Trinajstić information content (AvgIpc) is 2.77. The normalized spacial score (nSPS) is 12.7. The zero-order chi connectivity index (χ0) is 21.2. The van der Waals surface area contributed by atoms with Crippen LogP contribution in [0.3, 0.4) is 0 Å². The van der Waals surface area contributed by atoms with Gasteiger partial charge in [0, 0.05) is 23.7 Å². The molecule has 0 atom stereocenters. The zero-order valence-electron chi connectivity index (χ0n) is 16.4. The van der Waals surface area contributed by atoms with Crippen LogP contribution in [0, 0.1) is 0 Å². The number of esters is 1. The number of hydrogen-bond acceptors (Lipinski definition) is 5. The van der Waals surface area contributed by atoms with Gasteiger partial charge < -0.3 is 20.3 Å². The third-order valence-electron chi connectivity index (χ3n) is 4.26. The molecule has 0 aliphatic carbocycles. The minimum absolute atomic E-state index is 0.0752. The van der Waals surface area contributed by atoms with E-state index in [1.54, 1.807) is 41.6 Å². The highest BCUT2D eigenvalue weighted by molar-refractivity contribution is 5.95. The molecule has 0 fully saturated rings. The highest BCUT2D eigenvalue weighted by Crippen LogP contribution is 2.13. The molecule has 0 aromatic heterocycles. The van der Waals surface area contributed by atoms with Crippen molar-refractivity contribution in [1.29, 1.82) is 0 Å². The van der Waals surface area contributed by atoms with Crippen LogP contribution in [0.15, 0.2) is 84.7 Å². The van der Waals surface area contributed by atoms with Crippen LogP contribution >= 0.6 is 0 Å². The summed E-state index contributed by atoms with van der Waals surface area (Å²) >= 11 is 0. The lowest BCUT2D eigenvalue weighted by molar-refractivity contribution is -0.118. The third-order valence-corrected chi connectivity index (χ3v) is 4.26. The third kappa shape index (κ3) is 6.34. The summed E-state index contributed by atoms with van der Waals surface area (Å²) in [7, 11) is 0. The molecule has 154 valence electrons. The van der Waals surface area contributed by atoms with Crippen LogP contribution in [0.5, 0.6) is 0 Å². The van der Waals surface area contributed by atoms with Gasteiger partial charge in [0.1, 0.15) is 13.2 Å². The predicted molar refractivity (Wildman–Crippen MR) is 113 cm³/mol. The maximum absolute atomic E-state index is 12.4. The molecule has 30 heavy (non-hydrogen) atoms. The van der Waals surface area contributed by atoms with E-state index in [9.17, 15) is 14.4 Å². The van der Waals surface area contributed by atoms with Gasteiger partial charge in [-0.05, 0) is 30.7 Å². The Hall–Kier alpha value is -3.87. The molecular weight excluding hydrogens is 382 g/mol. The number of nitrogens with one attached hydrogen (secondary N) is 2. The van der Waals surface area contributed by atoms with Crippen molar-refractivity contribution in [2.45, 2.75) is 6.42 Å². The van der Waals surface area contributed by atoms with Gasteiger partial charge in [-0.2, -0.15) is 0 Å². The van der Waals surface area contributed by atoms with Gasteiger partial charge in [-0.1, -0.05) is 42.5 Å². The minimum atomic E-state index is -0.430. The largest absolute Gasteiger partial charge is 0.460 e. The van der Waals surface area contributed by atoms with Crippen LogP contribution in [0.1, 0.15) is 16.8 Å². The van der Waals surface area contributed by atoms with E-state index in [-0.39, 0.29) is 31.5 Å². The van der Waals surface area contributed by atoms with Crippen LogP contribution in [0.2, 0.25) is 0 Å². The van der Waals surface area contributed by atoms with E-state index < -0.39 is 5.97 Å². The lowest BCUT2D eigenvalue weighted by Gasteiger charge is -2.20. The molecule has 0 spiro atoms. The Morgan fingerprint density at radius 2 is 1.67 bits per heavy atom. The van der Waals surface area contributed by atoms with Crippen LogP contribution in [0.4, 0.5) is 5.69 Å². The average molecular weight is 405 g/mol. The van der Waals surface area contributed by atoms with E-state index in [1.807, 2.05) is 42.5 Å². The summed E-state index contributed by atoms with van der Waals surface area (Å²) in [5.41, 5.74) is 1.71. The second-order valence-electron chi connectivity index (χ2n) is 6.59. The maximum atomic E-state index is 12.4. The van der Waals surface area contributed by atoms with Crippen LogP contribution in [-0.2, 0) is 14.3 Å². The molecule has 1 heterocycles. The van der Waals surface area contributed by atoms with Crippen molar-refractivity contribution >= 4 is 23.5 Å². The quantitative estimate of drug-likeness (QED) is 0.521. The smallest absolute Gasteiger partial charge is 0.338 e. The Morgan fingerprint density at radius 3 is 2.40 bits per heavy atom. The van der Waals surface area contributed by atoms with Crippen molar-refractivity contribution in [1.82, 2.24) is 10.2 Å². The standard InChI is InChI=1S/C23H23N3O4/c27-21(25-20-11-5-2-6-12-20)17-26-14-7-10-19(16-26)22(28)24-13-15-30-23(29)18-8-3-1-4-9-18/h1-9,11-12,14,16H,10,13,15,17H2,(H,24,28)(H,25,27). The first-order chi connectivity index (χ1) is 14.6. The maximum Gasteiger partial charge on any atom is 0.338 e. The van der Waals surface area contributed by atoms with Crippen molar-refractivity contribution in [3.8, 4) is 0 Å². The molecule has 0 saturated heterocycles. The number of hydrogen-bond donors (Lipinski definition) is 2. The van der Waals surface area contributed by atoms with E-state index in [2.05, 4.69) is 10.6 Å². The number of anilines is 1. The zero-order valence-corrected chi connectivity index (χ0v) is 16.4.